The Bertz CT molecular complexity index is 1020. The number of halogens is 1. The summed E-state index contributed by atoms with van der Waals surface area (Å²) < 4.78 is 4.56. The Morgan fingerprint density at radius 1 is 1.23 bits per heavy atom. The molecular weight excluding hydrogens is 372 g/mol. The molecule has 0 fully saturated rings. The second kappa shape index (κ2) is 7.61. The lowest BCUT2D eigenvalue weighted by Gasteiger charge is -2.15. The Morgan fingerprint density at radius 3 is 2.65 bits per heavy atom. The van der Waals surface area contributed by atoms with Crippen LogP contribution in [-0.4, -0.2) is 26.6 Å². The van der Waals surface area contributed by atoms with Crippen LogP contribution < -0.4 is 15.6 Å². The molecule has 0 radical (unpaired) electrons. The highest BCUT2D eigenvalue weighted by atomic mass is 35.5. The zero-order chi connectivity index (χ0) is 18.8. The number of rotatable bonds is 5. The van der Waals surface area contributed by atoms with Gasteiger partial charge in [-0.2, -0.15) is 4.98 Å². The highest BCUT2D eigenvalue weighted by molar-refractivity contribution is 7.97. The molecule has 2 N–H and O–H groups in total. The van der Waals surface area contributed by atoms with Crippen LogP contribution in [0.2, 0.25) is 5.02 Å². The maximum absolute atomic E-state index is 12.4. The molecule has 26 heavy (non-hydrogen) atoms. The SMILES string of the molecule is CNSc1cc(C)c(Nc2ncc3cc(Cl)c(=O)n(C(C)C)c3n2)cn1. The van der Waals surface area contributed by atoms with Crippen LogP contribution in [0.25, 0.3) is 11.0 Å². The third-order valence-corrected chi connectivity index (χ3v) is 4.69. The average Bonchev–Trinajstić information content (AvgIpc) is 2.58. The van der Waals surface area contributed by atoms with Gasteiger partial charge in [0.05, 0.1) is 11.9 Å². The molecule has 136 valence electrons. The summed E-state index contributed by atoms with van der Waals surface area (Å²) in [5.74, 6) is 0.396. The third kappa shape index (κ3) is 3.67. The van der Waals surface area contributed by atoms with E-state index >= 15 is 0 Å². The molecular formula is C17H19ClN6OS. The van der Waals surface area contributed by atoms with E-state index in [1.54, 1.807) is 23.0 Å². The molecule has 0 saturated heterocycles. The van der Waals surface area contributed by atoms with Gasteiger partial charge in [-0.1, -0.05) is 11.6 Å². The van der Waals surface area contributed by atoms with Crippen molar-refractivity contribution in [2.24, 2.45) is 0 Å². The summed E-state index contributed by atoms with van der Waals surface area (Å²) in [6, 6.07) is 3.49. The number of nitrogens with zero attached hydrogens (tertiary/aromatic N) is 4. The van der Waals surface area contributed by atoms with Gasteiger partial charge in [0.1, 0.15) is 15.7 Å². The Hall–Kier alpha value is -2.16. The lowest BCUT2D eigenvalue weighted by molar-refractivity contribution is 0.595. The van der Waals surface area contributed by atoms with Crippen molar-refractivity contribution in [3.05, 3.63) is 45.5 Å². The monoisotopic (exact) mass is 390 g/mol. The third-order valence-electron chi connectivity index (χ3n) is 3.78. The molecule has 0 amide bonds. The Balaban J connectivity index is 2.03. The molecule has 0 bridgehead atoms. The van der Waals surface area contributed by atoms with Gasteiger partial charge >= 0.3 is 0 Å². The molecule has 3 aromatic rings. The molecule has 0 unspecified atom stereocenters. The van der Waals surface area contributed by atoms with Crippen molar-refractivity contribution in [3.63, 3.8) is 0 Å². The number of fused-ring (bicyclic) bond motifs is 1. The molecule has 7 nitrogen and oxygen atoms in total. The standard InChI is InChI=1S/C17H19ClN6OS/c1-9(2)24-15-11(6-12(18)16(24)25)7-21-17(23-15)22-13-8-20-14(26-19-4)5-10(13)3/h5-9,19H,1-4H3,(H,21,22,23). The number of anilines is 2. The summed E-state index contributed by atoms with van der Waals surface area (Å²) in [6.45, 7) is 5.81. The first-order valence-corrected chi connectivity index (χ1v) is 9.25. The van der Waals surface area contributed by atoms with E-state index in [1.165, 1.54) is 11.9 Å². The zero-order valence-corrected chi connectivity index (χ0v) is 16.4. The first-order valence-electron chi connectivity index (χ1n) is 8.05. The number of aryl methyl sites for hydroxylation is 1. The fraction of sp³-hybridized carbons (Fsp3) is 0.294. The van der Waals surface area contributed by atoms with Crippen molar-refractivity contribution in [1.29, 1.82) is 0 Å². The zero-order valence-electron chi connectivity index (χ0n) is 14.9. The number of pyridine rings is 2. The number of aromatic nitrogens is 4. The predicted octanol–water partition coefficient (Wildman–Crippen LogP) is 3.70. The van der Waals surface area contributed by atoms with E-state index in [4.69, 9.17) is 11.6 Å². The fourth-order valence-corrected chi connectivity index (χ4v) is 3.33. The maximum Gasteiger partial charge on any atom is 0.271 e. The highest BCUT2D eigenvalue weighted by Gasteiger charge is 2.13. The van der Waals surface area contributed by atoms with E-state index in [9.17, 15) is 4.79 Å². The van der Waals surface area contributed by atoms with Crippen LogP contribution in [0, 0.1) is 6.92 Å². The van der Waals surface area contributed by atoms with Crippen LogP contribution in [0.5, 0.6) is 0 Å². The van der Waals surface area contributed by atoms with Gasteiger partial charge < -0.3 is 5.32 Å². The first-order chi connectivity index (χ1) is 12.4. The summed E-state index contributed by atoms with van der Waals surface area (Å²) in [4.78, 5) is 25.6. The minimum absolute atomic E-state index is 0.0762. The van der Waals surface area contributed by atoms with Crippen molar-refractivity contribution < 1.29 is 0 Å². The second-order valence-corrected chi connectivity index (χ2v) is 7.44. The molecule has 0 spiro atoms. The quantitative estimate of drug-likeness (QED) is 0.642. The van der Waals surface area contributed by atoms with E-state index in [1.807, 2.05) is 33.9 Å². The van der Waals surface area contributed by atoms with Gasteiger partial charge in [0.25, 0.3) is 5.56 Å². The molecule has 0 atom stereocenters. The number of hydrogen-bond donors (Lipinski definition) is 2. The van der Waals surface area contributed by atoms with Crippen molar-refractivity contribution in [1.82, 2.24) is 24.2 Å². The summed E-state index contributed by atoms with van der Waals surface area (Å²) in [5, 5.41) is 4.92. The first kappa shape index (κ1) is 18.6. The van der Waals surface area contributed by atoms with Crippen LogP contribution in [0.3, 0.4) is 0 Å². The molecule has 3 heterocycles. The molecule has 0 aliphatic heterocycles. The number of hydrogen-bond acceptors (Lipinski definition) is 7. The lowest BCUT2D eigenvalue weighted by atomic mass is 10.2. The Morgan fingerprint density at radius 2 is 2.00 bits per heavy atom. The number of nitrogens with one attached hydrogen (secondary N) is 2. The average molecular weight is 391 g/mol. The van der Waals surface area contributed by atoms with Crippen LogP contribution >= 0.6 is 23.5 Å². The van der Waals surface area contributed by atoms with Gasteiger partial charge in [-0.15, -0.1) is 0 Å². The highest BCUT2D eigenvalue weighted by Crippen LogP contribution is 2.23. The Labute approximate surface area is 160 Å². The molecule has 9 heteroatoms. The van der Waals surface area contributed by atoms with Crippen LogP contribution in [0.15, 0.2) is 34.3 Å². The summed E-state index contributed by atoms with van der Waals surface area (Å²) >= 11 is 7.49. The van der Waals surface area contributed by atoms with E-state index < -0.39 is 0 Å². The topological polar surface area (TPSA) is 84.7 Å². The van der Waals surface area contributed by atoms with Crippen molar-refractivity contribution >= 4 is 46.2 Å². The van der Waals surface area contributed by atoms with Crippen LogP contribution in [0.1, 0.15) is 25.5 Å². The Kier molecular flexibility index (Phi) is 5.45. The van der Waals surface area contributed by atoms with E-state index in [2.05, 4.69) is 25.0 Å². The second-order valence-electron chi connectivity index (χ2n) is 6.00. The van der Waals surface area contributed by atoms with E-state index in [0.717, 1.165) is 16.3 Å². The molecule has 0 aliphatic carbocycles. The molecule has 0 saturated carbocycles. The molecule has 3 aromatic heterocycles. The normalized spacial score (nSPS) is 11.3. The minimum Gasteiger partial charge on any atom is -0.323 e. The van der Waals surface area contributed by atoms with Gasteiger partial charge in [0, 0.05) is 17.6 Å². The smallest absolute Gasteiger partial charge is 0.271 e. The predicted molar refractivity (Wildman–Crippen MR) is 106 cm³/mol. The lowest BCUT2D eigenvalue weighted by Crippen LogP contribution is -2.23. The van der Waals surface area contributed by atoms with Crippen molar-refractivity contribution in [2.75, 3.05) is 12.4 Å². The van der Waals surface area contributed by atoms with Gasteiger partial charge in [-0.3, -0.25) is 14.1 Å². The summed E-state index contributed by atoms with van der Waals surface area (Å²) in [7, 11) is 1.84. The summed E-state index contributed by atoms with van der Waals surface area (Å²) in [5.41, 5.74) is 2.10. The molecule has 0 aromatic carbocycles. The summed E-state index contributed by atoms with van der Waals surface area (Å²) in [6.07, 6.45) is 3.39. The fourth-order valence-electron chi connectivity index (χ4n) is 2.57. The molecule has 3 rings (SSSR count). The van der Waals surface area contributed by atoms with Crippen LogP contribution in [0.4, 0.5) is 11.6 Å². The van der Waals surface area contributed by atoms with Crippen molar-refractivity contribution in [2.45, 2.75) is 31.8 Å². The van der Waals surface area contributed by atoms with E-state index in [0.29, 0.717) is 17.0 Å². The maximum atomic E-state index is 12.4. The van der Waals surface area contributed by atoms with Crippen molar-refractivity contribution in [3.8, 4) is 0 Å². The van der Waals surface area contributed by atoms with Gasteiger partial charge in [-0.25, -0.2) is 9.97 Å². The van der Waals surface area contributed by atoms with E-state index in [-0.39, 0.29) is 16.6 Å². The van der Waals surface area contributed by atoms with Gasteiger partial charge in [0.15, 0.2) is 0 Å². The molecule has 0 aliphatic rings. The van der Waals surface area contributed by atoms with Gasteiger partial charge in [0.2, 0.25) is 5.95 Å². The minimum atomic E-state index is -0.259. The van der Waals surface area contributed by atoms with Crippen LogP contribution in [-0.2, 0) is 0 Å². The van der Waals surface area contributed by atoms with Gasteiger partial charge in [-0.05, 0) is 57.5 Å². The largest absolute Gasteiger partial charge is 0.323 e.